The van der Waals surface area contributed by atoms with Gasteiger partial charge < -0.3 is 15.6 Å². The number of ether oxygens (including phenoxy) is 1. The Morgan fingerprint density at radius 1 is 1.22 bits per heavy atom. The summed E-state index contributed by atoms with van der Waals surface area (Å²) in [5, 5.41) is 9.75. The van der Waals surface area contributed by atoms with Crippen molar-refractivity contribution >= 4 is 15.9 Å². The summed E-state index contributed by atoms with van der Waals surface area (Å²) in [6, 6.07) is 7.35. The highest BCUT2D eigenvalue weighted by molar-refractivity contribution is 7.89. The molecule has 4 N–H and O–H groups in total. The van der Waals surface area contributed by atoms with Gasteiger partial charge in [-0.1, -0.05) is 23.8 Å². The molecule has 0 radical (unpaired) electrons. The molecule has 0 aliphatic heterocycles. The number of aromatic hydroxyl groups is 1. The summed E-state index contributed by atoms with van der Waals surface area (Å²) in [4.78, 5) is 11.7. The molecule has 1 atom stereocenters. The topological polar surface area (TPSA) is 119 Å². The highest BCUT2D eigenvalue weighted by Gasteiger charge is 2.23. The minimum absolute atomic E-state index is 0.0487. The molecule has 0 spiro atoms. The van der Waals surface area contributed by atoms with Crippen molar-refractivity contribution in [3.05, 3.63) is 52.6 Å². The number of nitrogens with two attached hydrogens (primary N) is 1. The van der Waals surface area contributed by atoms with E-state index < -0.39 is 22.0 Å². The molecule has 0 aromatic heterocycles. The number of rotatable bonds is 7. The Morgan fingerprint density at radius 2 is 1.81 bits per heavy atom. The second-order valence-electron chi connectivity index (χ2n) is 6.58. The number of primary amides is 1. The van der Waals surface area contributed by atoms with E-state index in [-0.39, 0.29) is 28.6 Å². The molecule has 2 aromatic rings. The lowest BCUT2D eigenvalue weighted by molar-refractivity contribution is 0.0993. The van der Waals surface area contributed by atoms with Crippen LogP contribution >= 0.6 is 0 Å². The zero-order valence-electron chi connectivity index (χ0n) is 15.7. The van der Waals surface area contributed by atoms with Crippen molar-refractivity contribution in [2.24, 2.45) is 5.73 Å². The number of amides is 1. The van der Waals surface area contributed by atoms with Crippen molar-refractivity contribution in [1.82, 2.24) is 4.72 Å². The van der Waals surface area contributed by atoms with Crippen LogP contribution in [0.2, 0.25) is 0 Å². The van der Waals surface area contributed by atoms with Gasteiger partial charge in [0.15, 0.2) is 0 Å². The van der Waals surface area contributed by atoms with E-state index in [1.165, 1.54) is 18.2 Å². The van der Waals surface area contributed by atoms with Gasteiger partial charge >= 0.3 is 0 Å². The molecule has 2 rings (SSSR count). The molecule has 8 heteroatoms. The first-order valence-corrected chi connectivity index (χ1v) is 9.86. The van der Waals surface area contributed by atoms with E-state index in [0.29, 0.717) is 11.1 Å². The monoisotopic (exact) mass is 392 g/mol. The molecule has 0 saturated heterocycles. The molecule has 0 saturated carbocycles. The molecular weight excluding hydrogens is 368 g/mol. The standard InChI is InChI=1S/C19H24N2O5S/c1-11-8-12(2)18(13(3)9-11)27(24,25)21-14(4)10-26-16-7-5-6-15(22)17(16)19(20)23/h5-9,14,21-22H,10H2,1-4H3,(H2,20,23)/t14-/m0/s1. The van der Waals surface area contributed by atoms with Gasteiger partial charge in [-0.15, -0.1) is 0 Å². The molecule has 0 fully saturated rings. The lowest BCUT2D eigenvalue weighted by atomic mass is 10.1. The zero-order valence-corrected chi connectivity index (χ0v) is 16.6. The Morgan fingerprint density at radius 3 is 2.37 bits per heavy atom. The molecule has 27 heavy (non-hydrogen) atoms. The van der Waals surface area contributed by atoms with Gasteiger partial charge in [0.2, 0.25) is 10.0 Å². The molecule has 146 valence electrons. The first kappa shape index (κ1) is 20.7. The van der Waals surface area contributed by atoms with Crippen molar-refractivity contribution in [1.29, 1.82) is 0 Å². The molecular formula is C19H24N2O5S. The molecule has 2 aromatic carbocycles. The first-order chi connectivity index (χ1) is 12.5. The lowest BCUT2D eigenvalue weighted by Gasteiger charge is -2.19. The van der Waals surface area contributed by atoms with Crippen LogP contribution in [0, 0.1) is 20.8 Å². The Kier molecular flexibility index (Phi) is 6.12. The van der Waals surface area contributed by atoms with E-state index in [9.17, 15) is 18.3 Å². The lowest BCUT2D eigenvalue weighted by Crippen LogP contribution is -2.37. The van der Waals surface area contributed by atoms with Gasteiger partial charge in [0, 0.05) is 0 Å². The number of aryl methyl sites for hydroxylation is 3. The summed E-state index contributed by atoms with van der Waals surface area (Å²) >= 11 is 0. The molecule has 0 aliphatic rings. The average Bonchev–Trinajstić information content (AvgIpc) is 2.50. The molecule has 0 unspecified atom stereocenters. The van der Waals surface area contributed by atoms with Crippen molar-refractivity contribution in [3.8, 4) is 11.5 Å². The summed E-state index contributed by atoms with van der Waals surface area (Å²) in [6.07, 6.45) is 0. The number of benzene rings is 2. The summed E-state index contributed by atoms with van der Waals surface area (Å²) in [5.41, 5.74) is 7.43. The molecule has 0 bridgehead atoms. The predicted molar refractivity (Wildman–Crippen MR) is 103 cm³/mol. The third-order valence-electron chi connectivity index (χ3n) is 3.97. The van der Waals surface area contributed by atoms with Gasteiger partial charge in [0.25, 0.3) is 5.91 Å². The van der Waals surface area contributed by atoms with Gasteiger partial charge in [0.05, 0.1) is 10.9 Å². The van der Waals surface area contributed by atoms with Gasteiger partial charge in [-0.05, 0) is 51.0 Å². The Hall–Kier alpha value is -2.58. The maximum Gasteiger partial charge on any atom is 0.256 e. The van der Waals surface area contributed by atoms with E-state index in [2.05, 4.69) is 4.72 Å². The summed E-state index contributed by atoms with van der Waals surface area (Å²) in [5.74, 6) is -1.03. The normalized spacial score (nSPS) is 12.6. The number of phenols is 1. The van der Waals surface area contributed by atoms with Crippen molar-refractivity contribution in [3.63, 3.8) is 0 Å². The summed E-state index contributed by atoms with van der Waals surface area (Å²) in [7, 11) is -3.75. The van der Waals surface area contributed by atoms with Crippen LogP contribution in [0.5, 0.6) is 11.5 Å². The largest absolute Gasteiger partial charge is 0.507 e. The summed E-state index contributed by atoms with van der Waals surface area (Å²) in [6.45, 7) is 7.01. The van der Waals surface area contributed by atoms with Crippen LogP contribution in [0.3, 0.4) is 0 Å². The highest BCUT2D eigenvalue weighted by atomic mass is 32.2. The van der Waals surface area contributed by atoms with Gasteiger partial charge in [-0.3, -0.25) is 4.79 Å². The maximum absolute atomic E-state index is 12.8. The predicted octanol–water partition coefficient (Wildman–Crippen LogP) is 2.16. The minimum atomic E-state index is -3.75. The van der Waals surface area contributed by atoms with Crippen molar-refractivity contribution in [2.45, 2.75) is 38.6 Å². The quantitative estimate of drug-likeness (QED) is 0.667. The third-order valence-corrected chi connectivity index (χ3v) is 5.86. The second kappa shape index (κ2) is 7.98. The molecule has 0 aliphatic carbocycles. The first-order valence-electron chi connectivity index (χ1n) is 8.37. The number of sulfonamides is 1. The highest BCUT2D eigenvalue weighted by Crippen LogP contribution is 2.27. The van der Waals surface area contributed by atoms with Crippen LogP contribution in [0.25, 0.3) is 0 Å². The summed E-state index contributed by atoms with van der Waals surface area (Å²) < 4.78 is 33.6. The Balaban J connectivity index is 2.16. The third kappa shape index (κ3) is 4.78. The van der Waals surface area contributed by atoms with Crippen LogP contribution in [0.1, 0.15) is 34.0 Å². The van der Waals surface area contributed by atoms with Crippen molar-refractivity contribution < 1.29 is 23.1 Å². The second-order valence-corrected chi connectivity index (χ2v) is 8.23. The average molecular weight is 392 g/mol. The molecule has 7 nitrogen and oxygen atoms in total. The van der Waals surface area contributed by atoms with Gasteiger partial charge in [-0.2, -0.15) is 0 Å². The SMILES string of the molecule is Cc1cc(C)c(S(=O)(=O)N[C@@H](C)COc2cccc(O)c2C(N)=O)c(C)c1. The number of carbonyl (C=O) groups excluding carboxylic acids is 1. The molecule has 0 heterocycles. The van der Waals surface area contributed by atoms with Crippen LogP contribution in [-0.2, 0) is 10.0 Å². The van der Waals surface area contributed by atoms with E-state index >= 15 is 0 Å². The van der Waals surface area contributed by atoms with Crippen LogP contribution < -0.4 is 15.2 Å². The fourth-order valence-electron chi connectivity index (χ4n) is 3.05. The fourth-order valence-corrected chi connectivity index (χ4v) is 4.73. The van der Waals surface area contributed by atoms with Gasteiger partial charge in [-0.25, -0.2) is 13.1 Å². The Labute approximate surface area is 159 Å². The maximum atomic E-state index is 12.8. The fraction of sp³-hybridized carbons (Fsp3) is 0.316. The zero-order chi connectivity index (χ0) is 20.4. The van der Waals surface area contributed by atoms with E-state index in [1.54, 1.807) is 20.8 Å². The van der Waals surface area contributed by atoms with Crippen LogP contribution in [0.4, 0.5) is 0 Å². The van der Waals surface area contributed by atoms with E-state index in [1.807, 2.05) is 19.1 Å². The molecule has 1 amide bonds. The number of carbonyl (C=O) groups is 1. The van der Waals surface area contributed by atoms with E-state index in [0.717, 1.165) is 5.56 Å². The number of hydrogen-bond donors (Lipinski definition) is 3. The number of hydrogen-bond acceptors (Lipinski definition) is 5. The van der Waals surface area contributed by atoms with Crippen LogP contribution in [0.15, 0.2) is 35.2 Å². The Bertz CT molecular complexity index is 947. The van der Waals surface area contributed by atoms with Crippen LogP contribution in [-0.4, -0.2) is 32.1 Å². The minimum Gasteiger partial charge on any atom is -0.507 e. The number of nitrogens with one attached hydrogen (secondary N) is 1. The van der Waals surface area contributed by atoms with Gasteiger partial charge in [0.1, 0.15) is 23.7 Å². The smallest absolute Gasteiger partial charge is 0.256 e. The van der Waals surface area contributed by atoms with Crippen molar-refractivity contribution in [2.75, 3.05) is 6.61 Å². The van der Waals surface area contributed by atoms with E-state index in [4.69, 9.17) is 10.5 Å².